The molecule has 0 saturated carbocycles. The molecule has 3 rings (SSSR count). The normalized spacial score (nSPS) is 10.7. The van der Waals surface area contributed by atoms with Gasteiger partial charge >= 0.3 is 0 Å². The molecule has 0 aliphatic heterocycles. The lowest BCUT2D eigenvalue weighted by atomic mass is 10.1. The minimum Gasteiger partial charge on any atom is -1.00 e. The van der Waals surface area contributed by atoms with Gasteiger partial charge in [0.1, 0.15) is 0 Å². The van der Waals surface area contributed by atoms with Crippen LogP contribution in [0.5, 0.6) is 11.5 Å². The van der Waals surface area contributed by atoms with E-state index in [1.165, 1.54) is 76.3 Å². The van der Waals surface area contributed by atoms with Crippen molar-refractivity contribution >= 4 is 22.9 Å². The van der Waals surface area contributed by atoms with Gasteiger partial charge in [0.05, 0.1) is 25.5 Å². The fourth-order valence-corrected chi connectivity index (χ4v) is 5.70. The van der Waals surface area contributed by atoms with E-state index >= 15 is 0 Å². The zero-order valence-corrected chi connectivity index (χ0v) is 27.7. The number of rotatable bonds is 20. The highest BCUT2D eigenvalue weighted by molar-refractivity contribution is 7.07. The van der Waals surface area contributed by atoms with Gasteiger partial charge in [-0.25, -0.2) is 0 Å². The molecule has 0 spiro atoms. The Bertz CT molecular complexity index is 1150. The molecule has 0 bridgehead atoms. The Kier molecular flexibility index (Phi) is 17.4. The van der Waals surface area contributed by atoms with E-state index in [1.807, 2.05) is 36.4 Å². The number of benzene rings is 2. The van der Waals surface area contributed by atoms with Crippen LogP contribution in [0.1, 0.15) is 101 Å². The highest BCUT2D eigenvalue weighted by Gasteiger charge is 2.12. The number of hydrogen-bond acceptors (Lipinski definition) is 4. The number of methoxy groups -OCH3 is 1. The molecule has 0 atom stereocenters. The number of carbonyl (C=O) groups is 1. The molecular formula is C34H49BrN2O3S. The smallest absolute Gasteiger partial charge is 0.228 e. The van der Waals surface area contributed by atoms with E-state index in [-0.39, 0.29) is 29.3 Å². The fourth-order valence-electron chi connectivity index (χ4n) is 4.92. The van der Waals surface area contributed by atoms with Crippen LogP contribution < -0.4 is 36.3 Å². The molecule has 0 aliphatic rings. The number of halogens is 1. The van der Waals surface area contributed by atoms with Crippen molar-refractivity contribution in [1.29, 1.82) is 0 Å². The van der Waals surface area contributed by atoms with Gasteiger partial charge in [-0.1, -0.05) is 107 Å². The zero-order valence-electron chi connectivity index (χ0n) is 25.3. The van der Waals surface area contributed by atoms with E-state index in [9.17, 15) is 4.79 Å². The van der Waals surface area contributed by atoms with Crippen LogP contribution in [0.15, 0.2) is 53.4 Å². The van der Waals surface area contributed by atoms with E-state index < -0.39 is 0 Å². The summed E-state index contributed by atoms with van der Waals surface area (Å²) in [7, 11) is 1.65. The van der Waals surface area contributed by atoms with E-state index in [0.29, 0.717) is 18.1 Å². The van der Waals surface area contributed by atoms with Crippen molar-refractivity contribution < 1.29 is 35.8 Å². The summed E-state index contributed by atoms with van der Waals surface area (Å²) in [5, 5.41) is 5.19. The Morgan fingerprint density at radius 1 is 0.854 bits per heavy atom. The van der Waals surface area contributed by atoms with Gasteiger partial charge in [-0.05, 0) is 36.2 Å². The standard InChI is InChI=1S/C34H48N2O3S.BrH/c1-4-5-6-7-8-9-10-11-12-13-14-15-21-39-33-23-29(19-20-32(33)38-3)24-34(37)35-31-18-16-17-30(22-31)25-36-27-40-26-28(36)2;/h16-20,22-23,26-27H,4-15,21,24-25H2,1-3H3;1H. The van der Waals surface area contributed by atoms with Crippen molar-refractivity contribution in [3.8, 4) is 11.5 Å². The molecule has 226 valence electrons. The third-order valence-corrected chi connectivity index (χ3v) is 8.14. The van der Waals surface area contributed by atoms with E-state index in [0.717, 1.165) is 29.8 Å². The van der Waals surface area contributed by atoms with Crippen LogP contribution in [-0.2, 0) is 17.8 Å². The number of aromatic nitrogens is 1. The summed E-state index contributed by atoms with van der Waals surface area (Å²) in [4.78, 5) is 12.8. The number of amides is 1. The van der Waals surface area contributed by atoms with Crippen molar-refractivity contribution in [2.24, 2.45) is 0 Å². The first-order valence-corrected chi connectivity index (χ1v) is 16.1. The molecule has 0 saturated heterocycles. The third kappa shape index (κ3) is 13.4. The number of unbranched alkanes of at least 4 members (excludes halogenated alkanes) is 11. The van der Waals surface area contributed by atoms with Crippen molar-refractivity contribution in [3.05, 3.63) is 70.2 Å². The number of nitrogens with zero attached hydrogens (tertiary/aromatic N) is 1. The Morgan fingerprint density at radius 2 is 1.54 bits per heavy atom. The van der Waals surface area contributed by atoms with Crippen LogP contribution in [0.2, 0.25) is 0 Å². The number of carbonyl (C=O) groups excluding carboxylic acids is 1. The van der Waals surface area contributed by atoms with E-state index in [4.69, 9.17) is 9.47 Å². The molecular weight excluding hydrogens is 596 g/mol. The number of ether oxygens (including phenoxy) is 2. The van der Waals surface area contributed by atoms with Crippen LogP contribution in [0.25, 0.3) is 0 Å². The van der Waals surface area contributed by atoms with Crippen LogP contribution >= 0.6 is 11.3 Å². The third-order valence-electron chi connectivity index (χ3n) is 7.29. The van der Waals surface area contributed by atoms with Gasteiger partial charge in [0.25, 0.3) is 0 Å². The molecule has 0 fully saturated rings. The average Bonchev–Trinajstić information content (AvgIpc) is 3.35. The molecule has 0 radical (unpaired) electrons. The maximum Gasteiger partial charge on any atom is 0.228 e. The summed E-state index contributed by atoms with van der Waals surface area (Å²) in [6.45, 7) is 5.83. The summed E-state index contributed by atoms with van der Waals surface area (Å²) >= 11 is 1.69. The maximum absolute atomic E-state index is 12.8. The first kappa shape index (κ1) is 34.8. The molecule has 1 N–H and O–H groups in total. The first-order valence-electron chi connectivity index (χ1n) is 15.2. The molecule has 5 nitrogen and oxygen atoms in total. The number of aryl methyl sites for hydroxylation is 1. The lowest BCUT2D eigenvalue weighted by Crippen LogP contribution is -3.00. The summed E-state index contributed by atoms with van der Waals surface area (Å²) in [6.07, 6.45) is 16.1. The number of hydrogen-bond donors (Lipinski definition) is 1. The average molecular weight is 646 g/mol. The molecule has 1 amide bonds. The van der Waals surface area contributed by atoms with Crippen molar-refractivity contribution in [1.82, 2.24) is 0 Å². The maximum atomic E-state index is 12.8. The quantitative estimate of drug-likeness (QED) is 0.127. The zero-order chi connectivity index (χ0) is 28.4. The van der Waals surface area contributed by atoms with Gasteiger partial charge in [-0.3, -0.25) is 4.79 Å². The van der Waals surface area contributed by atoms with E-state index in [2.05, 4.69) is 40.7 Å². The monoisotopic (exact) mass is 644 g/mol. The summed E-state index contributed by atoms with van der Waals surface area (Å²) in [5.41, 5.74) is 6.22. The molecule has 3 aromatic rings. The second-order valence-corrected chi connectivity index (χ2v) is 11.5. The number of anilines is 1. The molecule has 1 heterocycles. The molecule has 7 heteroatoms. The Morgan fingerprint density at radius 3 is 2.17 bits per heavy atom. The van der Waals surface area contributed by atoms with E-state index in [1.54, 1.807) is 18.4 Å². The number of nitrogens with one attached hydrogen (secondary N) is 1. The van der Waals surface area contributed by atoms with Crippen molar-refractivity contribution in [2.75, 3.05) is 19.0 Å². The predicted molar refractivity (Wildman–Crippen MR) is 167 cm³/mol. The van der Waals surface area contributed by atoms with Gasteiger partial charge in [0.2, 0.25) is 11.4 Å². The Labute approximate surface area is 262 Å². The van der Waals surface area contributed by atoms with Gasteiger partial charge in [-0.2, -0.15) is 4.57 Å². The van der Waals surface area contributed by atoms with Crippen LogP contribution in [0.3, 0.4) is 0 Å². The number of thiazole rings is 1. The fraction of sp³-hybridized carbons (Fsp3) is 0.529. The molecule has 0 aliphatic carbocycles. The second kappa shape index (κ2) is 20.5. The lowest BCUT2D eigenvalue weighted by Gasteiger charge is -2.13. The summed E-state index contributed by atoms with van der Waals surface area (Å²) in [6, 6.07) is 13.8. The van der Waals surface area contributed by atoms with Gasteiger partial charge in [-0.15, -0.1) is 0 Å². The predicted octanol–water partition coefficient (Wildman–Crippen LogP) is 5.67. The van der Waals surface area contributed by atoms with Gasteiger partial charge in [0.15, 0.2) is 23.7 Å². The Hall–Kier alpha value is -2.38. The highest BCUT2D eigenvalue weighted by atomic mass is 79.9. The highest BCUT2D eigenvalue weighted by Crippen LogP contribution is 2.29. The first-order chi connectivity index (χ1) is 19.6. The molecule has 41 heavy (non-hydrogen) atoms. The van der Waals surface area contributed by atoms with Crippen LogP contribution in [0.4, 0.5) is 5.69 Å². The molecule has 0 unspecified atom stereocenters. The molecule has 1 aromatic heterocycles. The lowest BCUT2D eigenvalue weighted by molar-refractivity contribution is -0.689. The van der Waals surface area contributed by atoms with Gasteiger partial charge < -0.3 is 31.8 Å². The summed E-state index contributed by atoms with van der Waals surface area (Å²) < 4.78 is 13.8. The second-order valence-electron chi connectivity index (χ2n) is 10.8. The minimum atomic E-state index is -0.0476. The van der Waals surface area contributed by atoms with Crippen molar-refractivity contribution in [2.45, 2.75) is 104 Å². The van der Waals surface area contributed by atoms with Crippen molar-refractivity contribution in [3.63, 3.8) is 0 Å². The van der Waals surface area contributed by atoms with Crippen LogP contribution in [0, 0.1) is 6.92 Å². The largest absolute Gasteiger partial charge is 1.00 e. The molecule has 2 aromatic carbocycles. The SMILES string of the molecule is CCCCCCCCCCCCCCOc1cc(CC(=O)Nc2cccc(C[n+]3cscc3C)c2)ccc1OC.[Br-]. The summed E-state index contributed by atoms with van der Waals surface area (Å²) in [5.74, 6) is 1.37. The topological polar surface area (TPSA) is 51.4 Å². The van der Waals surface area contributed by atoms with Crippen LogP contribution in [-0.4, -0.2) is 19.6 Å². The Balaban J connectivity index is 0.00000588. The minimum absolute atomic E-state index is 0. The van der Waals surface area contributed by atoms with Gasteiger partial charge in [0, 0.05) is 18.2 Å².